The topological polar surface area (TPSA) is 61.6 Å². The molecule has 0 saturated carbocycles. The molecule has 2 aliphatic rings. The number of piperidine rings is 1. The number of carbonyl (C=O) groups excluding carboxylic acids is 1. The Hall–Kier alpha value is -0.650. The lowest BCUT2D eigenvalue weighted by atomic mass is 10.0. The van der Waals surface area contributed by atoms with Crippen molar-refractivity contribution in [3.8, 4) is 0 Å². The van der Waals surface area contributed by atoms with Crippen LogP contribution in [-0.4, -0.2) is 66.6 Å². The fourth-order valence-corrected chi connectivity index (χ4v) is 3.40. The molecule has 0 radical (unpaired) electrons. The molecule has 2 fully saturated rings. The van der Waals surface area contributed by atoms with E-state index >= 15 is 0 Å². The monoisotopic (exact) mass is 296 g/mol. The number of rotatable bonds is 6. The summed E-state index contributed by atoms with van der Waals surface area (Å²) < 4.78 is 0. The van der Waals surface area contributed by atoms with Crippen LogP contribution in [0.1, 0.15) is 46.0 Å². The van der Waals surface area contributed by atoms with Crippen molar-refractivity contribution in [2.45, 2.75) is 64.1 Å². The molecule has 21 heavy (non-hydrogen) atoms. The van der Waals surface area contributed by atoms with E-state index in [1.807, 2.05) is 6.92 Å². The molecule has 0 aromatic heterocycles. The summed E-state index contributed by atoms with van der Waals surface area (Å²) in [5.41, 5.74) is 5.98. The summed E-state index contributed by atoms with van der Waals surface area (Å²) in [6.07, 6.45) is 5.60. The van der Waals surface area contributed by atoms with Crippen molar-refractivity contribution in [2.24, 2.45) is 5.73 Å². The zero-order chi connectivity index (χ0) is 15.2. The predicted octanol–water partition coefficient (Wildman–Crippen LogP) is 0.789. The first-order valence-electron chi connectivity index (χ1n) is 8.63. The van der Waals surface area contributed by atoms with Crippen LogP contribution in [0.3, 0.4) is 0 Å². The second-order valence-electron chi connectivity index (χ2n) is 6.63. The molecule has 2 heterocycles. The third kappa shape index (κ3) is 4.66. The maximum atomic E-state index is 12.1. The number of unbranched alkanes of at least 4 members (excludes halogenated alkanes) is 1. The lowest BCUT2D eigenvalue weighted by molar-refractivity contribution is -0.125. The molecule has 2 rings (SSSR count). The molecule has 5 heteroatoms. The van der Waals surface area contributed by atoms with E-state index in [0.717, 1.165) is 58.4 Å². The summed E-state index contributed by atoms with van der Waals surface area (Å²) in [5, 5.41) is 3.05. The maximum absolute atomic E-state index is 12.1. The molecular formula is C16H32N4O. The highest BCUT2D eigenvalue weighted by molar-refractivity contribution is 5.81. The molecule has 2 saturated heterocycles. The summed E-state index contributed by atoms with van der Waals surface area (Å²) in [4.78, 5) is 17.1. The number of hydrogen-bond acceptors (Lipinski definition) is 4. The van der Waals surface area contributed by atoms with Gasteiger partial charge in [0.15, 0.2) is 0 Å². The number of hydrogen-bond donors (Lipinski definition) is 2. The van der Waals surface area contributed by atoms with Crippen molar-refractivity contribution in [3.05, 3.63) is 0 Å². The molecule has 3 N–H and O–H groups in total. The highest BCUT2D eigenvalue weighted by atomic mass is 16.2. The average Bonchev–Trinajstić information content (AvgIpc) is 2.97. The SMILES string of the molecule is CCCCNC(=O)C(C)N1CCC(N2CCC(N)CC2)C1. The summed E-state index contributed by atoms with van der Waals surface area (Å²) in [7, 11) is 0. The maximum Gasteiger partial charge on any atom is 0.237 e. The fourth-order valence-electron chi connectivity index (χ4n) is 3.40. The summed E-state index contributed by atoms with van der Waals surface area (Å²) in [6, 6.07) is 1.00. The summed E-state index contributed by atoms with van der Waals surface area (Å²) in [5.74, 6) is 0.185. The van der Waals surface area contributed by atoms with Gasteiger partial charge in [0.2, 0.25) is 5.91 Å². The predicted molar refractivity (Wildman–Crippen MR) is 86.1 cm³/mol. The molecule has 1 amide bonds. The molecule has 0 bridgehead atoms. The van der Waals surface area contributed by atoms with Gasteiger partial charge in [-0.3, -0.25) is 14.6 Å². The van der Waals surface area contributed by atoms with Crippen LogP contribution < -0.4 is 11.1 Å². The van der Waals surface area contributed by atoms with E-state index in [2.05, 4.69) is 22.0 Å². The molecule has 0 aromatic rings. The third-order valence-electron chi connectivity index (χ3n) is 5.04. The first-order valence-corrected chi connectivity index (χ1v) is 8.63. The number of nitrogens with one attached hydrogen (secondary N) is 1. The molecule has 122 valence electrons. The number of carbonyl (C=O) groups is 1. The Labute approximate surface area is 129 Å². The lowest BCUT2D eigenvalue weighted by Gasteiger charge is -2.35. The highest BCUT2D eigenvalue weighted by Gasteiger charge is 2.33. The van der Waals surface area contributed by atoms with Crippen LogP contribution in [0.2, 0.25) is 0 Å². The van der Waals surface area contributed by atoms with Crippen LogP contribution in [0.25, 0.3) is 0 Å². The van der Waals surface area contributed by atoms with Gasteiger partial charge in [0.05, 0.1) is 6.04 Å². The van der Waals surface area contributed by atoms with Gasteiger partial charge >= 0.3 is 0 Å². The van der Waals surface area contributed by atoms with Crippen LogP contribution >= 0.6 is 0 Å². The van der Waals surface area contributed by atoms with Gasteiger partial charge in [0.1, 0.15) is 0 Å². The largest absolute Gasteiger partial charge is 0.355 e. The molecule has 0 aromatic carbocycles. The summed E-state index contributed by atoms with van der Waals surface area (Å²) >= 11 is 0. The molecule has 2 unspecified atom stereocenters. The lowest BCUT2D eigenvalue weighted by Crippen LogP contribution is -2.48. The number of nitrogens with zero attached hydrogens (tertiary/aromatic N) is 2. The van der Waals surface area contributed by atoms with Gasteiger partial charge in [-0.15, -0.1) is 0 Å². The Morgan fingerprint density at radius 2 is 2.00 bits per heavy atom. The Bertz CT molecular complexity index is 328. The van der Waals surface area contributed by atoms with Crippen LogP contribution in [0, 0.1) is 0 Å². The smallest absolute Gasteiger partial charge is 0.237 e. The van der Waals surface area contributed by atoms with Crippen LogP contribution in [0.15, 0.2) is 0 Å². The van der Waals surface area contributed by atoms with Crippen molar-refractivity contribution in [3.63, 3.8) is 0 Å². The van der Waals surface area contributed by atoms with Gasteiger partial charge < -0.3 is 11.1 Å². The Balaban J connectivity index is 1.74. The van der Waals surface area contributed by atoms with E-state index in [1.54, 1.807) is 0 Å². The van der Waals surface area contributed by atoms with Crippen molar-refractivity contribution in [2.75, 3.05) is 32.7 Å². The molecule has 2 aliphatic heterocycles. The molecule has 0 spiro atoms. The normalized spacial score (nSPS) is 26.9. The minimum absolute atomic E-state index is 0.00102. The first-order chi connectivity index (χ1) is 10.1. The molecule has 2 atom stereocenters. The zero-order valence-electron chi connectivity index (χ0n) is 13.7. The second-order valence-corrected chi connectivity index (χ2v) is 6.63. The van der Waals surface area contributed by atoms with E-state index in [9.17, 15) is 4.79 Å². The third-order valence-corrected chi connectivity index (χ3v) is 5.04. The van der Waals surface area contributed by atoms with Crippen molar-refractivity contribution in [1.29, 1.82) is 0 Å². The van der Waals surface area contributed by atoms with Gasteiger partial charge in [0, 0.05) is 31.7 Å². The minimum atomic E-state index is -0.00102. The van der Waals surface area contributed by atoms with Crippen LogP contribution in [0.5, 0.6) is 0 Å². The number of amides is 1. The first kappa shape index (κ1) is 16.7. The highest BCUT2D eigenvalue weighted by Crippen LogP contribution is 2.21. The Morgan fingerprint density at radius 1 is 1.29 bits per heavy atom. The molecular weight excluding hydrogens is 264 g/mol. The van der Waals surface area contributed by atoms with E-state index < -0.39 is 0 Å². The number of likely N-dealkylation sites (tertiary alicyclic amines) is 2. The van der Waals surface area contributed by atoms with E-state index in [0.29, 0.717) is 12.1 Å². The van der Waals surface area contributed by atoms with Crippen LogP contribution in [-0.2, 0) is 4.79 Å². The standard InChI is InChI=1S/C16H32N4O/c1-3-4-8-18-16(21)13(2)20-11-7-15(12-20)19-9-5-14(17)6-10-19/h13-15H,3-12,17H2,1-2H3,(H,18,21). The second kappa shape index (κ2) is 8.11. The van der Waals surface area contributed by atoms with Crippen molar-refractivity contribution < 1.29 is 4.79 Å². The van der Waals surface area contributed by atoms with E-state index in [1.165, 1.54) is 6.42 Å². The average molecular weight is 296 g/mol. The van der Waals surface area contributed by atoms with Gasteiger partial charge in [0.25, 0.3) is 0 Å². The van der Waals surface area contributed by atoms with Gasteiger partial charge in [-0.1, -0.05) is 13.3 Å². The quantitative estimate of drug-likeness (QED) is 0.711. The summed E-state index contributed by atoms with van der Waals surface area (Å²) in [6.45, 7) is 9.29. The minimum Gasteiger partial charge on any atom is -0.355 e. The van der Waals surface area contributed by atoms with Gasteiger partial charge in [-0.05, 0) is 45.7 Å². The Kier molecular flexibility index (Phi) is 6.45. The van der Waals surface area contributed by atoms with Gasteiger partial charge in [-0.25, -0.2) is 0 Å². The zero-order valence-corrected chi connectivity index (χ0v) is 13.7. The fraction of sp³-hybridized carbons (Fsp3) is 0.938. The van der Waals surface area contributed by atoms with Crippen LogP contribution in [0.4, 0.5) is 0 Å². The van der Waals surface area contributed by atoms with Crippen molar-refractivity contribution >= 4 is 5.91 Å². The van der Waals surface area contributed by atoms with E-state index in [-0.39, 0.29) is 11.9 Å². The number of nitrogens with two attached hydrogens (primary N) is 1. The molecule has 0 aliphatic carbocycles. The Morgan fingerprint density at radius 3 is 2.67 bits per heavy atom. The van der Waals surface area contributed by atoms with Crippen molar-refractivity contribution in [1.82, 2.24) is 15.1 Å². The van der Waals surface area contributed by atoms with Gasteiger partial charge in [-0.2, -0.15) is 0 Å². The molecule has 5 nitrogen and oxygen atoms in total. The van der Waals surface area contributed by atoms with E-state index in [4.69, 9.17) is 5.73 Å².